The van der Waals surface area contributed by atoms with Gasteiger partial charge in [-0.1, -0.05) is 23.7 Å². The number of esters is 1. The van der Waals surface area contributed by atoms with Crippen LogP contribution in [0.1, 0.15) is 46.2 Å². The van der Waals surface area contributed by atoms with Crippen molar-refractivity contribution in [2.24, 2.45) is 0 Å². The predicted molar refractivity (Wildman–Crippen MR) is 95.4 cm³/mol. The lowest BCUT2D eigenvalue weighted by molar-refractivity contribution is 0.0593. The standard InChI is InChI=1S/C18H20ClN3O3/c1-10-12(5-4-6-13(10)24-2)9-20-17-14(19)15(18(23)25-3)21-16(22-17)11-7-8-11/h4-6,11H,7-9H2,1-3H3,(H,20,21,22). The summed E-state index contributed by atoms with van der Waals surface area (Å²) in [6.45, 7) is 2.50. The summed E-state index contributed by atoms with van der Waals surface area (Å²) in [5.41, 5.74) is 2.20. The monoisotopic (exact) mass is 361 g/mol. The van der Waals surface area contributed by atoms with Crippen LogP contribution >= 0.6 is 11.6 Å². The molecule has 1 aromatic heterocycles. The number of nitrogens with zero attached hydrogens (tertiary/aromatic N) is 2. The maximum absolute atomic E-state index is 12.0. The van der Waals surface area contributed by atoms with Crippen molar-refractivity contribution >= 4 is 23.4 Å². The van der Waals surface area contributed by atoms with Gasteiger partial charge in [-0.3, -0.25) is 0 Å². The van der Waals surface area contributed by atoms with Gasteiger partial charge in [-0.25, -0.2) is 14.8 Å². The highest BCUT2D eigenvalue weighted by molar-refractivity contribution is 6.35. The first-order chi connectivity index (χ1) is 12.0. The zero-order valence-electron chi connectivity index (χ0n) is 14.4. The van der Waals surface area contributed by atoms with Gasteiger partial charge in [-0.15, -0.1) is 0 Å². The van der Waals surface area contributed by atoms with Gasteiger partial charge in [0, 0.05) is 12.5 Å². The van der Waals surface area contributed by atoms with E-state index in [9.17, 15) is 4.79 Å². The molecule has 0 saturated heterocycles. The lowest BCUT2D eigenvalue weighted by atomic mass is 10.1. The van der Waals surface area contributed by atoms with Gasteiger partial charge in [0.15, 0.2) is 5.69 Å². The number of hydrogen-bond acceptors (Lipinski definition) is 6. The second kappa shape index (κ2) is 7.27. The van der Waals surface area contributed by atoms with Crippen LogP contribution in [0, 0.1) is 6.92 Å². The van der Waals surface area contributed by atoms with Gasteiger partial charge in [0.2, 0.25) is 0 Å². The summed E-state index contributed by atoms with van der Waals surface area (Å²) >= 11 is 6.33. The molecule has 3 rings (SSSR count). The van der Waals surface area contributed by atoms with Crippen LogP contribution in [0.4, 0.5) is 5.82 Å². The fraction of sp³-hybridized carbons (Fsp3) is 0.389. The van der Waals surface area contributed by atoms with Crippen molar-refractivity contribution in [3.8, 4) is 5.75 Å². The quantitative estimate of drug-likeness (QED) is 0.790. The van der Waals surface area contributed by atoms with Crippen molar-refractivity contribution in [1.29, 1.82) is 0 Å². The Labute approximate surface area is 151 Å². The summed E-state index contributed by atoms with van der Waals surface area (Å²) in [4.78, 5) is 20.7. The Morgan fingerprint density at radius 2 is 2.08 bits per heavy atom. The molecule has 1 aromatic carbocycles. The Kier molecular flexibility index (Phi) is 5.08. The molecule has 1 fully saturated rings. The first-order valence-electron chi connectivity index (χ1n) is 8.07. The van der Waals surface area contributed by atoms with Crippen molar-refractivity contribution in [2.75, 3.05) is 19.5 Å². The largest absolute Gasteiger partial charge is 0.496 e. The van der Waals surface area contributed by atoms with Gasteiger partial charge >= 0.3 is 5.97 Å². The molecule has 2 aromatic rings. The van der Waals surface area contributed by atoms with Gasteiger partial charge in [0.1, 0.15) is 22.4 Å². The smallest absolute Gasteiger partial charge is 0.358 e. The molecule has 0 aliphatic heterocycles. The molecule has 1 saturated carbocycles. The van der Waals surface area contributed by atoms with E-state index in [1.807, 2.05) is 25.1 Å². The Bertz CT molecular complexity index is 806. The van der Waals surface area contributed by atoms with Gasteiger partial charge in [-0.05, 0) is 37.0 Å². The second-order valence-corrected chi connectivity index (χ2v) is 6.33. The number of hydrogen-bond donors (Lipinski definition) is 1. The number of carbonyl (C=O) groups excluding carboxylic acids is 1. The minimum absolute atomic E-state index is 0.103. The maximum atomic E-state index is 12.0. The molecule has 0 atom stereocenters. The van der Waals surface area contributed by atoms with E-state index in [2.05, 4.69) is 15.3 Å². The number of aromatic nitrogens is 2. The van der Waals surface area contributed by atoms with Crippen molar-refractivity contribution in [3.05, 3.63) is 45.9 Å². The van der Waals surface area contributed by atoms with Crippen LogP contribution in [0.3, 0.4) is 0 Å². The van der Waals surface area contributed by atoms with Gasteiger partial charge < -0.3 is 14.8 Å². The molecule has 7 heteroatoms. The van der Waals surface area contributed by atoms with Crippen LogP contribution in [-0.4, -0.2) is 30.2 Å². The molecule has 1 aliphatic rings. The third-order valence-corrected chi connectivity index (χ3v) is 4.61. The molecular weight excluding hydrogens is 342 g/mol. The van der Waals surface area contributed by atoms with Crippen LogP contribution in [-0.2, 0) is 11.3 Å². The number of methoxy groups -OCH3 is 2. The molecule has 1 aliphatic carbocycles. The van der Waals surface area contributed by atoms with Crippen LogP contribution in [0.2, 0.25) is 5.02 Å². The zero-order chi connectivity index (χ0) is 18.0. The highest BCUT2D eigenvalue weighted by Crippen LogP contribution is 2.39. The van der Waals surface area contributed by atoms with Crippen LogP contribution in [0.5, 0.6) is 5.75 Å². The summed E-state index contributed by atoms with van der Waals surface area (Å²) in [7, 11) is 2.95. The molecule has 1 N–H and O–H groups in total. The highest BCUT2D eigenvalue weighted by atomic mass is 35.5. The van der Waals surface area contributed by atoms with Gasteiger partial charge in [0.05, 0.1) is 14.2 Å². The van der Waals surface area contributed by atoms with E-state index < -0.39 is 5.97 Å². The summed E-state index contributed by atoms with van der Waals surface area (Å²) in [5, 5.41) is 3.39. The minimum atomic E-state index is -0.560. The highest BCUT2D eigenvalue weighted by Gasteiger charge is 2.30. The molecule has 0 bridgehead atoms. The van der Waals surface area contributed by atoms with E-state index in [-0.39, 0.29) is 10.7 Å². The summed E-state index contributed by atoms with van der Waals surface area (Å²) in [6, 6.07) is 5.85. The molecular formula is C18H20ClN3O3. The van der Waals surface area contributed by atoms with E-state index >= 15 is 0 Å². The fourth-order valence-corrected chi connectivity index (χ4v) is 2.82. The van der Waals surface area contributed by atoms with Crippen molar-refractivity contribution in [2.45, 2.75) is 32.2 Å². The summed E-state index contributed by atoms with van der Waals surface area (Å²) < 4.78 is 10.1. The van der Waals surface area contributed by atoms with E-state index in [1.165, 1.54) is 7.11 Å². The van der Waals surface area contributed by atoms with Gasteiger partial charge in [0.25, 0.3) is 0 Å². The minimum Gasteiger partial charge on any atom is -0.496 e. The molecule has 132 valence electrons. The first kappa shape index (κ1) is 17.5. The van der Waals surface area contributed by atoms with Gasteiger partial charge in [-0.2, -0.15) is 0 Å². The number of ether oxygens (including phenoxy) is 2. The SMILES string of the molecule is COC(=O)c1nc(C2CC2)nc(NCc2cccc(OC)c2C)c1Cl. The topological polar surface area (TPSA) is 73.3 Å². The third-order valence-electron chi connectivity index (χ3n) is 4.25. The maximum Gasteiger partial charge on any atom is 0.358 e. The molecule has 1 heterocycles. The first-order valence-corrected chi connectivity index (χ1v) is 8.45. The number of halogens is 1. The molecule has 0 spiro atoms. The van der Waals surface area contributed by atoms with Crippen LogP contribution in [0.25, 0.3) is 0 Å². The molecule has 0 amide bonds. The van der Waals surface area contributed by atoms with Crippen molar-refractivity contribution in [1.82, 2.24) is 9.97 Å². The van der Waals surface area contributed by atoms with E-state index in [0.29, 0.717) is 24.1 Å². The molecule has 0 radical (unpaired) electrons. The number of nitrogens with one attached hydrogen (secondary N) is 1. The third kappa shape index (κ3) is 3.69. The number of anilines is 1. The fourth-order valence-electron chi connectivity index (χ4n) is 2.59. The molecule has 25 heavy (non-hydrogen) atoms. The van der Waals surface area contributed by atoms with Crippen LogP contribution in [0.15, 0.2) is 18.2 Å². The summed E-state index contributed by atoms with van der Waals surface area (Å²) in [5.74, 6) is 1.63. The predicted octanol–water partition coefficient (Wildman–Crippen LogP) is 3.72. The Balaban J connectivity index is 1.89. The average Bonchev–Trinajstić information content (AvgIpc) is 3.46. The van der Waals surface area contributed by atoms with Crippen LogP contribution < -0.4 is 10.1 Å². The van der Waals surface area contributed by atoms with E-state index in [1.54, 1.807) is 7.11 Å². The van der Waals surface area contributed by atoms with E-state index in [4.69, 9.17) is 21.1 Å². The van der Waals surface area contributed by atoms with E-state index in [0.717, 1.165) is 29.7 Å². The second-order valence-electron chi connectivity index (χ2n) is 5.96. The number of rotatable bonds is 6. The number of benzene rings is 1. The average molecular weight is 362 g/mol. The molecule has 6 nitrogen and oxygen atoms in total. The molecule has 0 unspecified atom stereocenters. The zero-order valence-corrected chi connectivity index (χ0v) is 15.2. The van der Waals surface area contributed by atoms with Crippen molar-refractivity contribution in [3.63, 3.8) is 0 Å². The number of carbonyl (C=O) groups is 1. The van der Waals surface area contributed by atoms with Crippen molar-refractivity contribution < 1.29 is 14.3 Å². The lowest BCUT2D eigenvalue weighted by Crippen LogP contribution is -2.13. The Hall–Kier alpha value is -2.34. The lowest BCUT2D eigenvalue weighted by Gasteiger charge is -2.14. The normalized spacial score (nSPS) is 13.4. The summed E-state index contributed by atoms with van der Waals surface area (Å²) in [6.07, 6.45) is 2.05. The Morgan fingerprint density at radius 3 is 2.72 bits per heavy atom. The Morgan fingerprint density at radius 1 is 1.32 bits per heavy atom.